The molecule has 1 aromatic carbocycles. The van der Waals surface area contributed by atoms with Crippen LogP contribution in [0.15, 0.2) is 36.4 Å². The lowest BCUT2D eigenvalue weighted by Crippen LogP contribution is -2.47. The van der Waals surface area contributed by atoms with Crippen molar-refractivity contribution in [2.75, 3.05) is 0 Å². The maximum Gasteiger partial charge on any atom is 0.240 e. The third-order valence-electron chi connectivity index (χ3n) is 4.29. The molecule has 1 heterocycles. The number of carbonyl (C=O) groups excluding carboxylic acids is 2. The van der Waals surface area contributed by atoms with E-state index in [1.54, 1.807) is 0 Å². The number of benzene rings is 1. The van der Waals surface area contributed by atoms with Crippen LogP contribution in [0.5, 0.6) is 0 Å². The van der Waals surface area contributed by atoms with E-state index in [1.807, 2.05) is 47.9 Å². The van der Waals surface area contributed by atoms with Crippen LogP contribution in [0, 0.1) is 12.8 Å². The molecule has 6 heteroatoms. The Hall–Kier alpha value is -2.63. The average Bonchev–Trinajstić information content (AvgIpc) is 2.83. The Bertz CT molecular complexity index is 778. The number of aromatic nitrogens is 2. The number of fused-ring (bicyclic) bond motifs is 1. The Balaban J connectivity index is 1.75. The van der Waals surface area contributed by atoms with Crippen molar-refractivity contribution in [3.05, 3.63) is 42.2 Å². The van der Waals surface area contributed by atoms with Gasteiger partial charge in [0.25, 0.3) is 0 Å². The van der Waals surface area contributed by atoms with E-state index in [1.165, 1.54) is 0 Å². The second-order valence-electron chi connectivity index (χ2n) is 5.86. The molecule has 1 aliphatic rings. The maximum absolute atomic E-state index is 12.4. The molecule has 120 valence electrons. The molecular formula is C17H20N4O2. The number of nitrogens with zero attached hydrogens (tertiary/aromatic N) is 2. The van der Waals surface area contributed by atoms with Gasteiger partial charge in [-0.15, -0.1) is 0 Å². The molecule has 2 aromatic rings. The first kappa shape index (κ1) is 15.3. The fourth-order valence-electron chi connectivity index (χ4n) is 3.08. The van der Waals surface area contributed by atoms with Gasteiger partial charge in [-0.1, -0.05) is 24.3 Å². The average molecular weight is 312 g/mol. The molecule has 1 aliphatic carbocycles. The van der Waals surface area contributed by atoms with Crippen LogP contribution in [0.4, 0.5) is 0 Å². The van der Waals surface area contributed by atoms with Gasteiger partial charge in [-0.3, -0.25) is 9.59 Å². The first-order chi connectivity index (χ1) is 11.1. The molecule has 0 bridgehead atoms. The molecule has 6 nitrogen and oxygen atoms in total. The summed E-state index contributed by atoms with van der Waals surface area (Å²) in [7, 11) is 0. The molecule has 0 saturated carbocycles. The van der Waals surface area contributed by atoms with Gasteiger partial charge in [0.15, 0.2) is 0 Å². The largest absolute Gasteiger partial charge is 0.369 e. The Kier molecular flexibility index (Phi) is 4.14. The Labute approximate surface area is 134 Å². The number of para-hydroxylation sites is 2. The van der Waals surface area contributed by atoms with Crippen LogP contribution in [0.1, 0.15) is 18.7 Å². The minimum Gasteiger partial charge on any atom is -0.369 e. The highest BCUT2D eigenvalue weighted by Gasteiger charge is 2.28. The molecule has 2 unspecified atom stereocenters. The predicted octanol–water partition coefficient (Wildman–Crippen LogP) is 1.28. The zero-order chi connectivity index (χ0) is 16.4. The van der Waals surface area contributed by atoms with Crippen LogP contribution < -0.4 is 11.1 Å². The van der Waals surface area contributed by atoms with E-state index in [0.29, 0.717) is 12.8 Å². The Morgan fingerprint density at radius 1 is 1.30 bits per heavy atom. The van der Waals surface area contributed by atoms with Crippen molar-refractivity contribution >= 4 is 22.8 Å². The number of primary amides is 1. The van der Waals surface area contributed by atoms with E-state index >= 15 is 0 Å². The molecule has 3 N–H and O–H groups in total. The molecule has 2 atom stereocenters. The number of hydrogen-bond donors (Lipinski definition) is 2. The minimum atomic E-state index is -0.371. The number of aryl methyl sites for hydroxylation is 1. The van der Waals surface area contributed by atoms with Crippen LogP contribution in [-0.2, 0) is 16.1 Å². The van der Waals surface area contributed by atoms with Crippen LogP contribution >= 0.6 is 0 Å². The number of imidazole rings is 1. The molecule has 0 aliphatic heterocycles. The van der Waals surface area contributed by atoms with E-state index in [0.717, 1.165) is 16.9 Å². The summed E-state index contributed by atoms with van der Waals surface area (Å²) in [5, 5.41) is 2.94. The second kappa shape index (κ2) is 6.24. The Morgan fingerprint density at radius 2 is 2.04 bits per heavy atom. The minimum absolute atomic E-state index is 0.136. The zero-order valence-electron chi connectivity index (χ0n) is 13.0. The molecule has 0 spiro atoms. The summed E-state index contributed by atoms with van der Waals surface area (Å²) in [6.45, 7) is 2.06. The molecule has 0 saturated heterocycles. The van der Waals surface area contributed by atoms with E-state index in [4.69, 9.17) is 5.73 Å². The van der Waals surface area contributed by atoms with Crippen molar-refractivity contribution in [3.63, 3.8) is 0 Å². The van der Waals surface area contributed by atoms with Gasteiger partial charge in [-0.25, -0.2) is 4.98 Å². The van der Waals surface area contributed by atoms with Crippen molar-refractivity contribution in [3.8, 4) is 0 Å². The summed E-state index contributed by atoms with van der Waals surface area (Å²) in [4.78, 5) is 28.4. The van der Waals surface area contributed by atoms with E-state index in [9.17, 15) is 9.59 Å². The van der Waals surface area contributed by atoms with Gasteiger partial charge in [0.1, 0.15) is 12.4 Å². The molecule has 0 radical (unpaired) electrons. The molecule has 0 fully saturated rings. The lowest BCUT2D eigenvalue weighted by Gasteiger charge is -2.27. The van der Waals surface area contributed by atoms with Gasteiger partial charge in [0, 0.05) is 6.04 Å². The number of rotatable bonds is 4. The number of nitrogens with two attached hydrogens (primary N) is 1. The fraction of sp³-hybridized carbons (Fsp3) is 0.353. The van der Waals surface area contributed by atoms with Crippen LogP contribution in [0.3, 0.4) is 0 Å². The SMILES string of the molecule is Cc1nc2ccccc2n1CC(=O)NC1CC=CCC1C(N)=O. The molecular weight excluding hydrogens is 292 g/mol. The van der Waals surface area contributed by atoms with E-state index in [-0.39, 0.29) is 30.3 Å². The van der Waals surface area contributed by atoms with Crippen molar-refractivity contribution in [2.24, 2.45) is 11.7 Å². The summed E-state index contributed by atoms with van der Waals surface area (Å²) in [6, 6.07) is 7.47. The monoisotopic (exact) mass is 312 g/mol. The first-order valence-corrected chi connectivity index (χ1v) is 7.72. The van der Waals surface area contributed by atoms with E-state index in [2.05, 4.69) is 10.3 Å². The number of hydrogen-bond acceptors (Lipinski definition) is 3. The number of amides is 2. The van der Waals surface area contributed by atoms with Crippen LogP contribution in [0.25, 0.3) is 11.0 Å². The highest BCUT2D eigenvalue weighted by molar-refractivity contribution is 5.83. The molecule has 1 aromatic heterocycles. The third kappa shape index (κ3) is 3.11. The maximum atomic E-state index is 12.4. The van der Waals surface area contributed by atoms with Gasteiger partial charge < -0.3 is 15.6 Å². The lowest BCUT2D eigenvalue weighted by atomic mass is 9.88. The first-order valence-electron chi connectivity index (χ1n) is 7.72. The van der Waals surface area contributed by atoms with Crippen molar-refractivity contribution in [2.45, 2.75) is 32.4 Å². The van der Waals surface area contributed by atoms with Gasteiger partial charge in [0.2, 0.25) is 11.8 Å². The summed E-state index contributed by atoms with van der Waals surface area (Å²) in [5.74, 6) is -0.0624. The normalized spacial score (nSPS) is 20.6. The lowest BCUT2D eigenvalue weighted by molar-refractivity contribution is -0.125. The van der Waals surface area contributed by atoms with E-state index < -0.39 is 0 Å². The summed E-state index contributed by atoms with van der Waals surface area (Å²) in [6.07, 6.45) is 5.12. The number of nitrogens with one attached hydrogen (secondary N) is 1. The quantitative estimate of drug-likeness (QED) is 0.833. The number of allylic oxidation sites excluding steroid dienone is 1. The second-order valence-corrected chi connectivity index (χ2v) is 5.86. The van der Waals surface area contributed by atoms with Gasteiger partial charge in [-0.2, -0.15) is 0 Å². The third-order valence-corrected chi connectivity index (χ3v) is 4.29. The van der Waals surface area contributed by atoms with Crippen molar-refractivity contribution < 1.29 is 9.59 Å². The van der Waals surface area contributed by atoms with Crippen molar-refractivity contribution in [1.29, 1.82) is 0 Å². The topological polar surface area (TPSA) is 90.0 Å². The molecule has 3 rings (SSSR count). The molecule has 23 heavy (non-hydrogen) atoms. The highest BCUT2D eigenvalue weighted by atomic mass is 16.2. The van der Waals surface area contributed by atoms with Crippen LogP contribution in [0.2, 0.25) is 0 Å². The van der Waals surface area contributed by atoms with Crippen LogP contribution in [-0.4, -0.2) is 27.4 Å². The zero-order valence-corrected chi connectivity index (χ0v) is 13.0. The van der Waals surface area contributed by atoms with Gasteiger partial charge >= 0.3 is 0 Å². The Morgan fingerprint density at radius 3 is 2.83 bits per heavy atom. The summed E-state index contributed by atoms with van der Waals surface area (Å²) < 4.78 is 1.88. The summed E-state index contributed by atoms with van der Waals surface area (Å²) in [5.41, 5.74) is 7.22. The van der Waals surface area contributed by atoms with Crippen molar-refractivity contribution in [1.82, 2.24) is 14.9 Å². The van der Waals surface area contributed by atoms with Gasteiger partial charge in [0.05, 0.1) is 17.0 Å². The fourth-order valence-corrected chi connectivity index (χ4v) is 3.08. The highest BCUT2D eigenvalue weighted by Crippen LogP contribution is 2.19. The predicted molar refractivity (Wildman–Crippen MR) is 87.5 cm³/mol. The molecule has 2 amide bonds. The van der Waals surface area contributed by atoms with Gasteiger partial charge in [-0.05, 0) is 31.9 Å². The smallest absolute Gasteiger partial charge is 0.240 e. The number of carbonyl (C=O) groups is 2. The summed E-state index contributed by atoms with van der Waals surface area (Å²) >= 11 is 0. The standard InChI is InChI=1S/C17H20N4O2/c1-11-19-14-8-4-5-9-15(14)21(11)10-16(22)20-13-7-3-2-6-12(13)17(18)23/h2-5,8-9,12-13H,6-7,10H2,1H3,(H2,18,23)(H,20,22).